The predicted octanol–water partition coefficient (Wildman–Crippen LogP) is 5.68. The van der Waals surface area contributed by atoms with Gasteiger partial charge in [0.15, 0.2) is 17.4 Å². The highest BCUT2D eigenvalue weighted by atomic mass is 19.1. The van der Waals surface area contributed by atoms with E-state index in [1.807, 2.05) is 4.90 Å². The molecular weight excluding hydrogens is 678 g/mol. The summed E-state index contributed by atoms with van der Waals surface area (Å²) in [6, 6.07) is 8.73. The first-order valence-corrected chi connectivity index (χ1v) is 16.8. The fraction of sp³-hybridized carbons (Fsp3) is 0.316. The van der Waals surface area contributed by atoms with Crippen molar-refractivity contribution in [3.63, 3.8) is 0 Å². The first-order valence-electron chi connectivity index (χ1n) is 16.8. The third-order valence-electron chi connectivity index (χ3n) is 10.3. The van der Waals surface area contributed by atoms with Gasteiger partial charge in [0, 0.05) is 38.0 Å². The van der Waals surface area contributed by atoms with E-state index in [4.69, 9.17) is 26.6 Å². The molecule has 0 spiro atoms. The highest BCUT2D eigenvalue weighted by Gasteiger charge is 2.51. The lowest BCUT2D eigenvalue weighted by atomic mass is 9.92. The fourth-order valence-electron chi connectivity index (χ4n) is 8.07. The summed E-state index contributed by atoms with van der Waals surface area (Å²) in [4.78, 5) is 25.0. The Morgan fingerprint density at radius 3 is 2.73 bits per heavy atom. The van der Waals surface area contributed by atoms with Crippen molar-refractivity contribution in [2.45, 2.75) is 44.1 Å². The number of hydrogen-bond acceptors (Lipinski definition) is 8. The zero-order valence-electron chi connectivity index (χ0n) is 28.2. The van der Waals surface area contributed by atoms with E-state index in [0.29, 0.717) is 43.6 Å². The number of ether oxygens (including phenoxy) is 2. The molecule has 2 N–H and O–H groups in total. The number of primary amides is 1. The second kappa shape index (κ2) is 12.5. The monoisotopic (exact) mass is 711 g/mol. The molecule has 14 heteroatoms. The van der Waals surface area contributed by atoms with Crippen molar-refractivity contribution in [3.05, 3.63) is 83.0 Å². The molecule has 2 aromatic heterocycles. The molecule has 0 bridgehead atoms. The molecule has 2 atom stereocenters. The van der Waals surface area contributed by atoms with Crippen molar-refractivity contribution in [2.24, 2.45) is 5.73 Å². The molecule has 0 radical (unpaired) electrons. The number of halogens is 4. The van der Waals surface area contributed by atoms with Crippen LogP contribution >= 0.6 is 0 Å². The second-order valence-corrected chi connectivity index (χ2v) is 13.6. The van der Waals surface area contributed by atoms with Crippen LogP contribution in [0, 0.1) is 29.8 Å². The molecule has 52 heavy (non-hydrogen) atoms. The Morgan fingerprint density at radius 1 is 1.13 bits per heavy atom. The molecule has 5 aromatic rings. The summed E-state index contributed by atoms with van der Waals surface area (Å²) >= 11 is 0. The molecule has 10 nitrogen and oxygen atoms in total. The first kappa shape index (κ1) is 33.5. The molecule has 0 saturated carbocycles. The van der Waals surface area contributed by atoms with Gasteiger partial charge >= 0.3 is 6.01 Å². The average Bonchev–Trinajstić information content (AvgIpc) is 3.70. The molecule has 2 fully saturated rings. The summed E-state index contributed by atoms with van der Waals surface area (Å²) in [5, 5.41) is 4.86. The second-order valence-electron chi connectivity index (χ2n) is 13.6. The number of carbonyl (C=O) groups is 1. The van der Waals surface area contributed by atoms with E-state index in [2.05, 4.69) is 22.6 Å². The number of nitrogens with two attached hydrogens (primary N) is 1. The van der Waals surface area contributed by atoms with Crippen molar-refractivity contribution >= 4 is 33.4 Å². The molecular formula is C38H33F4N7O3. The van der Waals surface area contributed by atoms with Gasteiger partial charge in [-0.1, -0.05) is 42.3 Å². The van der Waals surface area contributed by atoms with Crippen LogP contribution in [0.1, 0.15) is 41.0 Å². The van der Waals surface area contributed by atoms with Gasteiger partial charge < -0.3 is 20.1 Å². The van der Waals surface area contributed by atoms with Crippen LogP contribution in [0.15, 0.2) is 48.6 Å². The Bertz CT molecular complexity index is 2370. The van der Waals surface area contributed by atoms with Crippen LogP contribution in [-0.4, -0.2) is 75.6 Å². The lowest BCUT2D eigenvalue weighted by Gasteiger charge is -2.30. The van der Waals surface area contributed by atoms with Crippen molar-refractivity contribution in [3.8, 4) is 35.2 Å². The van der Waals surface area contributed by atoms with Crippen LogP contribution < -0.4 is 20.1 Å². The van der Waals surface area contributed by atoms with Crippen LogP contribution in [0.25, 0.3) is 32.8 Å². The minimum atomic E-state index is -1.07. The number of nitrogens with zero attached hydrogens (tertiary/aromatic N) is 6. The largest absolute Gasteiger partial charge is 0.493 e. The molecule has 3 aliphatic rings. The summed E-state index contributed by atoms with van der Waals surface area (Å²) in [6.07, 6.45) is 5.90. The van der Waals surface area contributed by atoms with Gasteiger partial charge in [-0.2, -0.15) is 15.1 Å². The molecule has 1 amide bonds. The summed E-state index contributed by atoms with van der Waals surface area (Å²) < 4.78 is 77.4. The number of amides is 1. The topological polar surface area (TPSA) is 112 Å². The molecule has 8 rings (SSSR count). The first-order chi connectivity index (χ1) is 25.0. The quantitative estimate of drug-likeness (QED) is 0.130. The Kier molecular flexibility index (Phi) is 8.06. The molecule has 1 unspecified atom stereocenters. The van der Waals surface area contributed by atoms with Crippen LogP contribution in [0.5, 0.6) is 11.8 Å². The summed E-state index contributed by atoms with van der Waals surface area (Å²) in [6.45, 7) is 5.81. The zero-order valence-corrected chi connectivity index (χ0v) is 28.2. The van der Waals surface area contributed by atoms with Gasteiger partial charge in [-0.15, -0.1) is 6.42 Å². The number of fused-ring (bicyclic) bond motifs is 4. The number of rotatable bonds is 7. The smallest absolute Gasteiger partial charge is 0.319 e. The molecule has 3 aromatic carbocycles. The van der Waals surface area contributed by atoms with Gasteiger partial charge in [-0.25, -0.2) is 17.6 Å². The summed E-state index contributed by atoms with van der Waals surface area (Å²) in [5.74, 6) is -1.48. The highest BCUT2D eigenvalue weighted by Crippen LogP contribution is 2.46. The Hall–Kier alpha value is -5.68. The minimum Gasteiger partial charge on any atom is -0.493 e. The molecule has 266 valence electrons. The van der Waals surface area contributed by atoms with E-state index in [1.54, 1.807) is 27.8 Å². The number of alkyl halides is 1. The Balaban J connectivity index is 1.34. The van der Waals surface area contributed by atoms with Gasteiger partial charge in [0.05, 0.1) is 41.4 Å². The lowest BCUT2D eigenvalue weighted by molar-refractivity contribution is 0.0994. The number of anilines is 1. The van der Waals surface area contributed by atoms with Crippen molar-refractivity contribution in [2.75, 3.05) is 38.3 Å². The van der Waals surface area contributed by atoms with Crippen LogP contribution in [0.2, 0.25) is 0 Å². The van der Waals surface area contributed by atoms with Gasteiger partial charge in [0.2, 0.25) is 0 Å². The maximum atomic E-state index is 17.3. The maximum Gasteiger partial charge on any atom is 0.319 e. The highest BCUT2D eigenvalue weighted by molar-refractivity contribution is 6.05. The van der Waals surface area contributed by atoms with E-state index in [9.17, 15) is 9.18 Å². The number of terminal acetylenes is 1. The third-order valence-corrected chi connectivity index (χ3v) is 10.3. The number of hydrogen-bond donors (Lipinski definition) is 1. The molecule has 2 saturated heterocycles. The number of aryl methyl sites for hydroxylation is 1. The molecule has 5 heterocycles. The normalized spacial score (nSPS) is 20.2. The Morgan fingerprint density at radius 2 is 1.96 bits per heavy atom. The fourth-order valence-corrected chi connectivity index (χ4v) is 8.07. The van der Waals surface area contributed by atoms with E-state index in [1.165, 1.54) is 25.3 Å². The van der Waals surface area contributed by atoms with E-state index >= 15 is 13.2 Å². The molecule has 3 aliphatic heterocycles. The van der Waals surface area contributed by atoms with Gasteiger partial charge in [-0.05, 0) is 35.9 Å². The number of carbonyl (C=O) groups excluding carboxylic acids is 1. The minimum absolute atomic E-state index is 0.000576. The zero-order chi connectivity index (χ0) is 36.5. The number of aromatic nitrogens is 4. The van der Waals surface area contributed by atoms with Crippen LogP contribution in [0.3, 0.4) is 0 Å². The predicted molar refractivity (Wildman–Crippen MR) is 186 cm³/mol. The van der Waals surface area contributed by atoms with E-state index in [-0.39, 0.29) is 76.8 Å². The molecule has 0 aliphatic carbocycles. The number of benzene rings is 3. The van der Waals surface area contributed by atoms with Crippen molar-refractivity contribution in [1.82, 2.24) is 24.6 Å². The van der Waals surface area contributed by atoms with Gasteiger partial charge in [-0.3, -0.25) is 14.4 Å². The standard InChI is InChI=1S/C38H33F4N7O3/c1-4-24-26(40)10-9-21-7-5-8-25(28(21)24)29-31(41)33-30(34(51-3)32(29)42)36(47-11-6-12-49-23(18-47)13-27(46-49)35(43)50)45-37(44-33)52-19-38-14-20(2)16-48(38)17-22(39)15-38/h1,5,7-10,13,22H,2,6,11-12,14-19H2,3H3,(H2,43,50)/t22-,38?/m0/s1. The lowest BCUT2D eigenvalue weighted by Crippen LogP contribution is -2.43. The van der Waals surface area contributed by atoms with Gasteiger partial charge in [0.25, 0.3) is 5.91 Å². The number of methoxy groups -OCH3 is 1. The van der Waals surface area contributed by atoms with Gasteiger partial charge in [0.1, 0.15) is 35.6 Å². The average molecular weight is 712 g/mol. The van der Waals surface area contributed by atoms with Crippen LogP contribution in [0.4, 0.5) is 23.4 Å². The maximum absolute atomic E-state index is 17.3. The Labute approximate surface area is 295 Å². The summed E-state index contributed by atoms with van der Waals surface area (Å²) in [7, 11) is 1.24. The van der Waals surface area contributed by atoms with E-state index < -0.39 is 40.6 Å². The SMILES string of the molecule is C#Cc1c(F)ccc2cccc(-c3c(F)c(OC)c4c(N5CCCn6nc(C(N)=O)cc6C5)nc(OCC56CC(=C)CN5C[C@@H](F)C6)nc4c3F)c12. The van der Waals surface area contributed by atoms with Crippen molar-refractivity contribution in [1.29, 1.82) is 0 Å². The summed E-state index contributed by atoms with van der Waals surface area (Å²) in [5.41, 5.74) is 5.47. The third kappa shape index (κ3) is 5.30. The van der Waals surface area contributed by atoms with Crippen molar-refractivity contribution < 1.29 is 31.8 Å². The van der Waals surface area contributed by atoms with Crippen LogP contribution in [-0.2, 0) is 13.1 Å². The van der Waals surface area contributed by atoms with E-state index in [0.717, 1.165) is 5.57 Å².